The summed E-state index contributed by atoms with van der Waals surface area (Å²) >= 11 is 10.2. The van der Waals surface area contributed by atoms with Crippen molar-refractivity contribution in [1.82, 2.24) is 0 Å². The van der Waals surface area contributed by atoms with Crippen molar-refractivity contribution in [3.05, 3.63) is 75.1 Å². The third kappa shape index (κ3) is 4.03. The number of amides is 2. The van der Waals surface area contributed by atoms with Crippen LogP contribution in [0.5, 0.6) is 5.75 Å². The lowest BCUT2D eigenvalue weighted by atomic mass is 10.2. The third-order valence-electron chi connectivity index (χ3n) is 3.49. The summed E-state index contributed by atoms with van der Waals surface area (Å²) in [4.78, 5) is 26.5. The van der Waals surface area contributed by atoms with Crippen LogP contribution in [0, 0.1) is 0 Å². The van der Waals surface area contributed by atoms with E-state index < -0.39 is 0 Å². The number of thioether (sulfide) groups is 1. The zero-order chi connectivity index (χ0) is 18.7. The van der Waals surface area contributed by atoms with Crippen LogP contribution in [0.2, 0.25) is 5.02 Å². The maximum atomic E-state index is 12.7. The van der Waals surface area contributed by atoms with Crippen molar-refractivity contribution in [2.75, 3.05) is 11.5 Å². The number of benzene rings is 2. The fourth-order valence-corrected chi connectivity index (χ4v) is 3.67. The molecule has 0 aliphatic carbocycles. The minimum Gasteiger partial charge on any atom is -0.489 e. The minimum atomic E-state index is -0.378. The van der Waals surface area contributed by atoms with Gasteiger partial charge in [-0.25, -0.2) is 4.90 Å². The van der Waals surface area contributed by atoms with E-state index in [0.717, 1.165) is 21.1 Å². The second-order valence-corrected chi connectivity index (χ2v) is 7.62. The maximum absolute atomic E-state index is 12.7. The Labute approximate surface area is 168 Å². The van der Waals surface area contributed by atoms with E-state index in [0.29, 0.717) is 33.5 Å². The van der Waals surface area contributed by atoms with Gasteiger partial charge in [0.15, 0.2) is 0 Å². The van der Waals surface area contributed by atoms with Crippen LogP contribution in [0.25, 0.3) is 6.08 Å². The van der Waals surface area contributed by atoms with Gasteiger partial charge in [0.05, 0.1) is 10.6 Å². The molecule has 3 rings (SSSR count). The Morgan fingerprint density at radius 3 is 2.62 bits per heavy atom. The molecule has 0 unspecified atom stereocenters. The van der Waals surface area contributed by atoms with Crippen LogP contribution < -0.4 is 9.64 Å². The lowest BCUT2D eigenvalue weighted by molar-refractivity contribution is -0.113. The molecule has 1 fully saturated rings. The summed E-state index contributed by atoms with van der Waals surface area (Å²) in [6.07, 6.45) is 3.30. The molecule has 132 valence electrons. The summed E-state index contributed by atoms with van der Waals surface area (Å²) in [6, 6.07) is 12.0. The summed E-state index contributed by atoms with van der Waals surface area (Å²) in [6.45, 7) is 3.97. The lowest BCUT2D eigenvalue weighted by Gasteiger charge is -2.12. The van der Waals surface area contributed by atoms with Crippen molar-refractivity contribution in [2.45, 2.75) is 0 Å². The van der Waals surface area contributed by atoms with Crippen LogP contribution in [0.4, 0.5) is 10.5 Å². The van der Waals surface area contributed by atoms with Crippen molar-refractivity contribution in [2.24, 2.45) is 0 Å². The molecular weight excluding hydrogens is 438 g/mol. The Balaban J connectivity index is 1.94. The van der Waals surface area contributed by atoms with Crippen molar-refractivity contribution >= 4 is 62.2 Å². The highest BCUT2D eigenvalue weighted by Gasteiger charge is 2.36. The predicted octanol–water partition coefficient (Wildman–Crippen LogP) is 5.91. The Hall–Kier alpha value is -2.02. The van der Waals surface area contributed by atoms with Crippen LogP contribution in [-0.4, -0.2) is 17.8 Å². The number of anilines is 1. The first-order valence-electron chi connectivity index (χ1n) is 7.56. The van der Waals surface area contributed by atoms with Crippen LogP contribution in [0.3, 0.4) is 0 Å². The lowest BCUT2D eigenvalue weighted by Crippen LogP contribution is -2.27. The number of rotatable bonds is 5. The first kappa shape index (κ1) is 18.8. The van der Waals surface area contributed by atoms with Gasteiger partial charge in [-0.15, -0.1) is 0 Å². The fraction of sp³-hybridized carbons (Fsp3) is 0.0526. The molecule has 1 saturated heterocycles. The molecular formula is C19H13BrClNO3S. The van der Waals surface area contributed by atoms with Gasteiger partial charge in [-0.05, 0) is 60.3 Å². The summed E-state index contributed by atoms with van der Waals surface area (Å²) in [5.41, 5.74) is 1.18. The first-order valence-corrected chi connectivity index (χ1v) is 9.55. The molecule has 2 amide bonds. The summed E-state index contributed by atoms with van der Waals surface area (Å²) in [7, 11) is 0. The second kappa shape index (κ2) is 8.12. The zero-order valence-corrected chi connectivity index (χ0v) is 16.6. The van der Waals surface area contributed by atoms with E-state index in [4.69, 9.17) is 16.3 Å². The van der Waals surface area contributed by atoms with Crippen LogP contribution >= 0.6 is 39.3 Å². The molecule has 4 nitrogen and oxygen atoms in total. The number of nitrogens with zero attached hydrogens (tertiary/aromatic N) is 1. The first-order chi connectivity index (χ1) is 12.5. The van der Waals surface area contributed by atoms with Gasteiger partial charge < -0.3 is 4.74 Å². The molecule has 0 saturated carbocycles. The zero-order valence-electron chi connectivity index (χ0n) is 13.4. The van der Waals surface area contributed by atoms with Crippen LogP contribution in [-0.2, 0) is 4.79 Å². The smallest absolute Gasteiger partial charge is 0.298 e. The van der Waals surface area contributed by atoms with Crippen molar-refractivity contribution in [3.63, 3.8) is 0 Å². The second-order valence-electron chi connectivity index (χ2n) is 5.28. The maximum Gasteiger partial charge on any atom is 0.298 e. The molecule has 0 N–H and O–H groups in total. The Morgan fingerprint density at radius 2 is 1.92 bits per heavy atom. The Bertz CT molecular complexity index is 912. The van der Waals surface area contributed by atoms with Gasteiger partial charge in [0, 0.05) is 15.1 Å². The van der Waals surface area contributed by atoms with E-state index in [2.05, 4.69) is 22.5 Å². The van der Waals surface area contributed by atoms with E-state index in [9.17, 15) is 9.59 Å². The standard InChI is InChI=1S/C19H13BrClNO3S/c1-2-9-25-16-8-3-13(20)10-12(16)11-17-18(23)22(19(24)26-17)15-6-4-14(21)5-7-15/h2-8,10-11H,1,9H2/b17-11-. The number of hydrogen-bond donors (Lipinski definition) is 0. The Kier molecular flexibility index (Phi) is 5.86. The van der Waals surface area contributed by atoms with Gasteiger partial charge in [-0.2, -0.15) is 0 Å². The molecule has 0 spiro atoms. The van der Waals surface area contributed by atoms with Gasteiger partial charge >= 0.3 is 0 Å². The minimum absolute atomic E-state index is 0.325. The predicted molar refractivity (Wildman–Crippen MR) is 110 cm³/mol. The summed E-state index contributed by atoms with van der Waals surface area (Å²) in [5.74, 6) is 0.225. The van der Waals surface area contributed by atoms with Gasteiger partial charge in [-0.1, -0.05) is 40.2 Å². The molecule has 0 bridgehead atoms. The number of ether oxygens (including phenoxy) is 1. The third-order valence-corrected chi connectivity index (χ3v) is 5.11. The highest BCUT2D eigenvalue weighted by atomic mass is 79.9. The van der Waals surface area contributed by atoms with Crippen LogP contribution in [0.15, 0.2) is 64.5 Å². The topological polar surface area (TPSA) is 46.6 Å². The number of hydrogen-bond acceptors (Lipinski definition) is 4. The van der Waals surface area contributed by atoms with E-state index in [1.807, 2.05) is 12.1 Å². The van der Waals surface area contributed by atoms with E-state index in [1.165, 1.54) is 0 Å². The fourth-order valence-electron chi connectivity index (χ4n) is 2.33. The van der Waals surface area contributed by atoms with Crippen molar-refractivity contribution in [1.29, 1.82) is 0 Å². The average Bonchev–Trinajstić information content (AvgIpc) is 2.89. The normalized spacial score (nSPS) is 15.6. The molecule has 1 aliphatic rings. The van der Waals surface area contributed by atoms with Gasteiger partial charge in [-0.3, -0.25) is 9.59 Å². The average molecular weight is 451 g/mol. The Morgan fingerprint density at radius 1 is 1.19 bits per heavy atom. The number of imide groups is 1. The van der Waals surface area contributed by atoms with Gasteiger partial charge in [0.2, 0.25) is 0 Å². The molecule has 1 heterocycles. The molecule has 0 radical (unpaired) electrons. The van der Waals surface area contributed by atoms with Crippen molar-refractivity contribution < 1.29 is 14.3 Å². The summed E-state index contributed by atoms with van der Waals surface area (Å²) in [5, 5.41) is 0.182. The van der Waals surface area contributed by atoms with Crippen LogP contribution in [0.1, 0.15) is 5.56 Å². The summed E-state index contributed by atoms with van der Waals surface area (Å²) < 4.78 is 6.46. The quantitative estimate of drug-likeness (QED) is 0.420. The monoisotopic (exact) mass is 449 g/mol. The largest absolute Gasteiger partial charge is 0.489 e. The number of carbonyl (C=O) groups is 2. The van der Waals surface area contributed by atoms with E-state index in [-0.39, 0.29) is 11.1 Å². The highest BCUT2D eigenvalue weighted by Crippen LogP contribution is 2.37. The van der Waals surface area contributed by atoms with Gasteiger partial charge in [0.1, 0.15) is 12.4 Å². The number of halogens is 2. The van der Waals surface area contributed by atoms with Crippen molar-refractivity contribution in [3.8, 4) is 5.75 Å². The SMILES string of the molecule is C=CCOc1ccc(Br)cc1/C=C1\SC(=O)N(c2ccc(Cl)cc2)C1=O. The molecule has 2 aromatic carbocycles. The molecule has 0 aromatic heterocycles. The van der Waals surface area contributed by atoms with E-state index >= 15 is 0 Å². The molecule has 2 aromatic rings. The molecule has 7 heteroatoms. The molecule has 1 aliphatic heterocycles. The molecule has 0 atom stereocenters. The van der Waals surface area contributed by atoms with E-state index in [1.54, 1.807) is 42.5 Å². The number of carbonyl (C=O) groups excluding carboxylic acids is 2. The molecule has 26 heavy (non-hydrogen) atoms. The highest BCUT2D eigenvalue weighted by molar-refractivity contribution is 9.10. The van der Waals surface area contributed by atoms with Gasteiger partial charge in [0.25, 0.3) is 11.1 Å².